The number of halogens is 4. The van der Waals surface area contributed by atoms with Crippen LogP contribution in [0.15, 0.2) is 96.3 Å². The number of thiophene rings is 2. The molecule has 5 nitrogen and oxygen atoms in total. The second kappa shape index (κ2) is 12.3. The molecule has 0 spiro atoms. The van der Waals surface area contributed by atoms with Crippen molar-refractivity contribution in [1.82, 2.24) is 0 Å². The van der Waals surface area contributed by atoms with E-state index in [1.54, 1.807) is 17.4 Å². The standard InChI is InChI=1S/C32H19Br4N3O2S2/c1-16-6-12-20(13-7-16)39-22-5-3-2-4-21(22)38-31(39)18-10-8-17(9-11-18)28-26(35)27(36)30(43-28)29-25(34)24(33)23(42-29)14-19(15-37)32(40)41/h2-14,31,38H,1H3,(H,40,41)/b19-14-. The fourth-order valence-electron chi connectivity index (χ4n) is 4.84. The molecule has 0 amide bonds. The maximum atomic E-state index is 11.4. The molecule has 0 saturated carbocycles. The number of fused-ring (bicyclic) bond motifs is 1. The minimum Gasteiger partial charge on any atom is -0.477 e. The van der Waals surface area contributed by atoms with Gasteiger partial charge in [0, 0.05) is 10.6 Å². The van der Waals surface area contributed by atoms with Gasteiger partial charge in [-0.1, -0.05) is 54.1 Å². The maximum absolute atomic E-state index is 11.4. The number of carboxylic acids is 1. The van der Waals surface area contributed by atoms with E-state index >= 15 is 0 Å². The van der Waals surface area contributed by atoms with Crippen molar-refractivity contribution in [2.45, 2.75) is 13.1 Å². The molecule has 1 unspecified atom stereocenters. The Morgan fingerprint density at radius 3 is 2.19 bits per heavy atom. The lowest BCUT2D eigenvalue weighted by Gasteiger charge is -2.27. The van der Waals surface area contributed by atoms with Crippen LogP contribution in [0.4, 0.5) is 17.1 Å². The normalized spacial score (nSPS) is 14.4. The van der Waals surface area contributed by atoms with Crippen molar-refractivity contribution in [3.63, 3.8) is 0 Å². The van der Waals surface area contributed by atoms with Gasteiger partial charge in [-0.15, -0.1) is 22.7 Å². The number of hydrogen-bond donors (Lipinski definition) is 2. The fourth-order valence-corrected chi connectivity index (χ4v) is 10.4. The number of para-hydroxylation sites is 2. The number of hydrogen-bond acceptors (Lipinski definition) is 6. The molecule has 6 rings (SSSR count). The highest BCUT2D eigenvalue weighted by Gasteiger charge is 2.31. The lowest BCUT2D eigenvalue weighted by Crippen LogP contribution is -2.23. The molecular weight excluding hydrogens is 842 g/mol. The highest BCUT2D eigenvalue weighted by molar-refractivity contribution is 9.13. The third-order valence-electron chi connectivity index (χ3n) is 6.96. The molecule has 11 heteroatoms. The molecular formula is C32H19Br4N3O2S2. The minimum absolute atomic E-state index is 0.0572. The van der Waals surface area contributed by atoms with Gasteiger partial charge in [-0.3, -0.25) is 0 Å². The Morgan fingerprint density at radius 2 is 1.51 bits per heavy atom. The van der Waals surface area contributed by atoms with E-state index < -0.39 is 5.97 Å². The molecule has 0 saturated heterocycles. The zero-order valence-corrected chi connectivity index (χ0v) is 30.1. The quantitative estimate of drug-likeness (QED) is 0.131. The average Bonchev–Trinajstić information content (AvgIpc) is 3.63. The Bertz CT molecular complexity index is 1960. The summed E-state index contributed by atoms with van der Waals surface area (Å²) < 4.78 is 3.33. The van der Waals surface area contributed by atoms with E-state index in [2.05, 4.69) is 148 Å². The molecule has 1 aliphatic rings. The molecule has 3 heterocycles. The van der Waals surface area contributed by atoms with Gasteiger partial charge >= 0.3 is 5.97 Å². The molecule has 214 valence electrons. The Hall–Kier alpha value is -2.72. The van der Waals surface area contributed by atoms with Gasteiger partial charge in [0.25, 0.3) is 0 Å². The fraction of sp³-hybridized carbons (Fsp3) is 0.0625. The zero-order chi connectivity index (χ0) is 30.4. The molecule has 3 aromatic carbocycles. The summed E-state index contributed by atoms with van der Waals surface area (Å²) >= 11 is 17.8. The highest BCUT2D eigenvalue weighted by atomic mass is 79.9. The second-order valence-corrected chi connectivity index (χ2v) is 14.9. The van der Waals surface area contributed by atoms with Crippen molar-refractivity contribution < 1.29 is 9.90 Å². The van der Waals surface area contributed by atoms with E-state index in [4.69, 9.17) is 0 Å². The molecule has 0 aliphatic carbocycles. The predicted octanol–water partition coefficient (Wildman–Crippen LogP) is 11.8. The number of nitriles is 1. The van der Waals surface area contributed by atoms with Crippen LogP contribution in [0.2, 0.25) is 0 Å². The summed E-state index contributed by atoms with van der Waals surface area (Å²) in [5.41, 5.74) is 6.46. The number of rotatable bonds is 6. The third kappa shape index (κ3) is 5.65. The van der Waals surface area contributed by atoms with Crippen LogP contribution in [0.1, 0.15) is 22.2 Å². The first-order valence-electron chi connectivity index (χ1n) is 12.8. The number of aliphatic carboxylic acids is 1. The Morgan fingerprint density at radius 1 is 0.884 bits per heavy atom. The third-order valence-corrected chi connectivity index (χ3v) is 14.8. The maximum Gasteiger partial charge on any atom is 0.346 e. The summed E-state index contributed by atoms with van der Waals surface area (Å²) in [7, 11) is 0. The van der Waals surface area contributed by atoms with E-state index in [1.165, 1.54) is 23.0 Å². The molecule has 0 radical (unpaired) electrons. The smallest absolute Gasteiger partial charge is 0.346 e. The summed E-state index contributed by atoms with van der Waals surface area (Å²) in [6, 6.07) is 27.3. The highest BCUT2D eigenvalue weighted by Crippen LogP contribution is 2.54. The van der Waals surface area contributed by atoms with Crippen LogP contribution in [0.3, 0.4) is 0 Å². The van der Waals surface area contributed by atoms with Crippen LogP contribution in [0.25, 0.3) is 26.3 Å². The van der Waals surface area contributed by atoms with E-state index in [1.807, 2.05) is 6.07 Å². The van der Waals surface area contributed by atoms with Crippen LogP contribution in [0.5, 0.6) is 0 Å². The van der Waals surface area contributed by atoms with Gasteiger partial charge in [0.15, 0.2) is 0 Å². The molecule has 2 aromatic heterocycles. The number of carbonyl (C=O) groups is 1. The van der Waals surface area contributed by atoms with E-state index in [9.17, 15) is 15.2 Å². The van der Waals surface area contributed by atoms with Gasteiger partial charge in [-0.25, -0.2) is 4.79 Å². The van der Waals surface area contributed by atoms with Crippen molar-refractivity contribution in [3.05, 3.63) is 112 Å². The monoisotopic (exact) mass is 857 g/mol. The summed E-state index contributed by atoms with van der Waals surface area (Å²) in [4.78, 5) is 17.3. The number of aryl methyl sites for hydroxylation is 1. The summed E-state index contributed by atoms with van der Waals surface area (Å²) in [6.45, 7) is 2.10. The topological polar surface area (TPSA) is 76.4 Å². The van der Waals surface area contributed by atoms with Crippen molar-refractivity contribution >= 4 is 116 Å². The first-order chi connectivity index (χ1) is 20.7. The van der Waals surface area contributed by atoms with Crippen molar-refractivity contribution in [1.29, 1.82) is 5.26 Å². The number of nitrogens with one attached hydrogen (secondary N) is 1. The van der Waals surface area contributed by atoms with Crippen LogP contribution in [0, 0.1) is 18.3 Å². The molecule has 1 atom stereocenters. The lowest BCUT2D eigenvalue weighted by molar-refractivity contribution is -0.132. The second-order valence-electron chi connectivity index (χ2n) is 9.68. The molecule has 0 fully saturated rings. The van der Waals surface area contributed by atoms with Crippen molar-refractivity contribution in [2.75, 3.05) is 10.2 Å². The van der Waals surface area contributed by atoms with E-state index in [-0.39, 0.29) is 11.7 Å². The van der Waals surface area contributed by atoms with Gasteiger partial charge < -0.3 is 15.3 Å². The summed E-state index contributed by atoms with van der Waals surface area (Å²) in [5, 5.41) is 22.2. The predicted molar refractivity (Wildman–Crippen MR) is 191 cm³/mol. The van der Waals surface area contributed by atoms with Crippen LogP contribution < -0.4 is 10.2 Å². The summed E-state index contributed by atoms with van der Waals surface area (Å²) in [5.74, 6) is -1.26. The molecule has 1 aliphatic heterocycles. The van der Waals surface area contributed by atoms with Crippen LogP contribution in [-0.4, -0.2) is 11.1 Å². The minimum atomic E-state index is -1.26. The molecule has 2 N–H and O–H groups in total. The Kier molecular flexibility index (Phi) is 8.70. The molecule has 43 heavy (non-hydrogen) atoms. The van der Waals surface area contributed by atoms with Gasteiger partial charge in [0.05, 0.1) is 43.9 Å². The van der Waals surface area contributed by atoms with Crippen molar-refractivity contribution in [2.24, 2.45) is 0 Å². The molecule has 0 bridgehead atoms. The first kappa shape index (κ1) is 30.3. The number of carboxylic acid groups (broad SMARTS) is 1. The number of anilines is 3. The summed E-state index contributed by atoms with van der Waals surface area (Å²) in [6.07, 6.45) is 1.33. The number of benzene rings is 3. The van der Waals surface area contributed by atoms with E-state index in [0.717, 1.165) is 56.2 Å². The van der Waals surface area contributed by atoms with Gasteiger partial charge in [-0.05, 0) is 112 Å². The zero-order valence-electron chi connectivity index (χ0n) is 22.2. The SMILES string of the molecule is Cc1ccc(N2c3ccccc3NC2c2ccc(-c3sc(-c4sc(/C=C(/C#N)C(=O)O)c(Br)c4Br)c(Br)c3Br)cc2)cc1. The van der Waals surface area contributed by atoms with Crippen LogP contribution >= 0.6 is 86.4 Å². The van der Waals surface area contributed by atoms with Gasteiger partial charge in [-0.2, -0.15) is 5.26 Å². The first-order valence-corrected chi connectivity index (χ1v) is 17.6. The number of nitrogens with zero attached hydrogens (tertiary/aromatic N) is 2. The Labute approximate surface area is 290 Å². The van der Waals surface area contributed by atoms with Gasteiger partial charge in [0.1, 0.15) is 17.8 Å². The van der Waals surface area contributed by atoms with Crippen LogP contribution in [-0.2, 0) is 4.79 Å². The lowest BCUT2D eigenvalue weighted by atomic mass is 10.1. The van der Waals surface area contributed by atoms with E-state index in [0.29, 0.717) is 9.35 Å². The van der Waals surface area contributed by atoms with Crippen molar-refractivity contribution in [3.8, 4) is 26.3 Å². The average molecular weight is 861 g/mol. The molecule has 5 aromatic rings. The Balaban J connectivity index is 1.35. The largest absolute Gasteiger partial charge is 0.477 e. The van der Waals surface area contributed by atoms with Gasteiger partial charge in [0.2, 0.25) is 0 Å².